The second-order valence-electron chi connectivity index (χ2n) is 3.54. The molecule has 1 aromatic heterocycles. The lowest BCUT2D eigenvalue weighted by Gasteiger charge is -2.24. The second-order valence-corrected chi connectivity index (χ2v) is 4.29. The molecule has 0 aliphatic heterocycles. The Morgan fingerprint density at radius 3 is 2.85 bits per heavy atom. The molecule has 0 atom stereocenters. The molecule has 72 valence electrons. The van der Waals surface area contributed by atoms with Crippen molar-refractivity contribution in [3.8, 4) is 0 Å². The summed E-state index contributed by atoms with van der Waals surface area (Å²) in [5.74, 6) is 5.07. The molecule has 0 saturated heterocycles. The minimum atomic E-state index is -0.123. The van der Waals surface area contributed by atoms with Crippen LogP contribution in [-0.4, -0.2) is 11.6 Å². The summed E-state index contributed by atoms with van der Waals surface area (Å²) in [4.78, 5) is 8.82. The summed E-state index contributed by atoms with van der Waals surface area (Å²) in [5.41, 5.74) is 0.974. The molecular formula is C9H13BrN2O. The number of nitrogens with zero attached hydrogens (tertiary/aromatic N) is 1. The molecule has 13 heavy (non-hydrogen) atoms. The molecule has 4 heteroatoms. The first kappa shape index (κ1) is 10.6. The van der Waals surface area contributed by atoms with Crippen LogP contribution in [0.1, 0.15) is 19.4 Å². The van der Waals surface area contributed by atoms with Crippen molar-refractivity contribution in [2.45, 2.75) is 19.3 Å². The molecular weight excluding hydrogens is 232 g/mol. The minimum absolute atomic E-state index is 0.123. The van der Waals surface area contributed by atoms with E-state index in [1.807, 2.05) is 12.1 Å². The van der Waals surface area contributed by atoms with Crippen LogP contribution < -0.4 is 5.90 Å². The number of rotatable bonds is 3. The lowest BCUT2D eigenvalue weighted by Crippen LogP contribution is -2.26. The van der Waals surface area contributed by atoms with Gasteiger partial charge in [-0.15, -0.1) is 0 Å². The molecule has 0 aliphatic carbocycles. The number of pyridine rings is 1. The molecule has 0 aromatic carbocycles. The Morgan fingerprint density at radius 1 is 1.62 bits per heavy atom. The zero-order valence-corrected chi connectivity index (χ0v) is 9.34. The molecule has 0 unspecified atom stereocenters. The summed E-state index contributed by atoms with van der Waals surface area (Å²) >= 11 is 3.39. The summed E-state index contributed by atoms with van der Waals surface area (Å²) < 4.78 is 0.844. The van der Waals surface area contributed by atoms with E-state index < -0.39 is 0 Å². The van der Waals surface area contributed by atoms with Crippen molar-refractivity contribution in [1.82, 2.24) is 4.98 Å². The van der Waals surface area contributed by atoms with Crippen LogP contribution in [0.4, 0.5) is 0 Å². The smallest absolute Gasteiger partial charge is 0.109 e. The van der Waals surface area contributed by atoms with Crippen LogP contribution in [0.3, 0.4) is 0 Å². The van der Waals surface area contributed by atoms with Crippen LogP contribution in [0.5, 0.6) is 0 Å². The van der Waals surface area contributed by atoms with E-state index in [1.54, 1.807) is 6.20 Å². The molecule has 0 radical (unpaired) electrons. The van der Waals surface area contributed by atoms with Gasteiger partial charge in [0.15, 0.2) is 0 Å². The maximum absolute atomic E-state index is 5.07. The van der Waals surface area contributed by atoms with Gasteiger partial charge in [-0.25, -0.2) is 10.9 Å². The van der Waals surface area contributed by atoms with Crippen LogP contribution in [0.2, 0.25) is 0 Å². The number of nitrogens with two attached hydrogens (primary N) is 1. The number of hydrogen-bond acceptors (Lipinski definition) is 3. The van der Waals surface area contributed by atoms with Crippen molar-refractivity contribution in [3.05, 3.63) is 28.5 Å². The van der Waals surface area contributed by atoms with Gasteiger partial charge in [0.25, 0.3) is 0 Å². The van der Waals surface area contributed by atoms with Crippen molar-refractivity contribution in [2.24, 2.45) is 5.90 Å². The van der Waals surface area contributed by atoms with Gasteiger partial charge in [-0.05, 0) is 27.6 Å². The van der Waals surface area contributed by atoms with Gasteiger partial charge < -0.3 is 4.84 Å². The van der Waals surface area contributed by atoms with Gasteiger partial charge in [0.2, 0.25) is 0 Å². The zero-order chi connectivity index (χ0) is 9.90. The highest BCUT2D eigenvalue weighted by molar-refractivity contribution is 9.10. The second kappa shape index (κ2) is 4.17. The summed E-state index contributed by atoms with van der Waals surface area (Å²) in [6.07, 6.45) is 1.74. The van der Waals surface area contributed by atoms with Crippen LogP contribution in [0, 0.1) is 0 Å². The zero-order valence-electron chi connectivity index (χ0n) is 7.75. The predicted molar refractivity (Wildman–Crippen MR) is 55.1 cm³/mol. The standard InChI is InChI=1S/C9H13BrN2O/c1-9(2,6-13-11)7-4-3-5-12-8(7)10/h3-5H,6,11H2,1-2H3. The highest BCUT2D eigenvalue weighted by Gasteiger charge is 2.23. The van der Waals surface area contributed by atoms with E-state index >= 15 is 0 Å². The Labute approximate surface area is 86.4 Å². The van der Waals surface area contributed by atoms with E-state index in [2.05, 4.69) is 39.6 Å². The largest absolute Gasteiger partial charge is 0.304 e. The third-order valence-electron chi connectivity index (χ3n) is 1.93. The molecule has 0 amide bonds. The average molecular weight is 245 g/mol. The molecule has 0 fully saturated rings. The predicted octanol–water partition coefficient (Wildman–Crippen LogP) is 2.01. The van der Waals surface area contributed by atoms with Gasteiger partial charge in [-0.2, -0.15) is 0 Å². The SMILES string of the molecule is CC(C)(CON)c1cccnc1Br. The van der Waals surface area contributed by atoms with Crippen LogP contribution >= 0.6 is 15.9 Å². The Balaban J connectivity index is 2.99. The Hall–Kier alpha value is -0.450. The third-order valence-corrected chi connectivity index (χ3v) is 2.56. The number of aromatic nitrogens is 1. The van der Waals surface area contributed by atoms with E-state index in [0.29, 0.717) is 6.61 Å². The molecule has 1 aromatic rings. The third kappa shape index (κ3) is 2.49. The van der Waals surface area contributed by atoms with Gasteiger partial charge in [-0.3, -0.25) is 0 Å². The monoisotopic (exact) mass is 244 g/mol. The van der Waals surface area contributed by atoms with Gasteiger partial charge in [0.05, 0.1) is 6.61 Å². The van der Waals surface area contributed by atoms with Gasteiger partial charge in [0, 0.05) is 11.6 Å². The maximum atomic E-state index is 5.07. The summed E-state index contributed by atoms with van der Waals surface area (Å²) in [7, 11) is 0. The first-order valence-corrected chi connectivity index (χ1v) is 4.80. The van der Waals surface area contributed by atoms with Crippen LogP contribution in [0.15, 0.2) is 22.9 Å². The fraction of sp³-hybridized carbons (Fsp3) is 0.444. The first-order valence-electron chi connectivity index (χ1n) is 4.00. The highest BCUT2D eigenvalue weighted by Crippen LogP contribution is 2.28. The number of hydrogen-bond donors (Lipinski definition) is 1. The number of halogens is 1. The molecule has 1 heterocycles. The molecule has 0 saturated carbocycles. The molecule has 1 rings (SSSR count). The topological polar surface area (TPSA) is 48.1 Å². The highest BCUT2D eigenvalue weighted by atomic mass is 79.9. The Kier molecular flexibility index (Phi) is 3.41. The van der Waals surface area contributed by atoms with Crippen LogP contribution in [-0.2, 0) is 10.3 Å². The van der Waals surface area contributed by atoms with Crippen molar-refractivity contribution in [1.29, 1.82) is 0 Å². The van der Waals surface area contributed by atoms with Crippen molar-refractivity contribution in [3.63, 3.8) is 0 Å². The van der Waals surface area contributed by atoms with E-state index in [4.69, 9.17) is 5.90 Å². The summed E-state index contributed by atoms with van der Waals surface area (Å²) in [5, 5.41) is 0. The Bertz CT molecular complexity index is 289. The fourth-order valence-corrected chi connectivity index (χ4v) is 1.96. The lowest BCUT2D eigenvalue weighted by atomic mass is 9.87. The van der Waals surface area contributed by atoms with Gasteiger partial charge in [-0.1, -0.05) is 19.9 Å². The molecule has 0 bridgehead atoms. The quantitative estimate of drug-likeness (QED) is 0.654. The van der Waals surface area contributed by atoms with Crippen molar-refractivity contribution < 1.29 is 4.84 Å². The molecule has 3 nitrogen and oxygen atoms in total. The minimum Gasteiger partial charge on any atom is -0.304 e. The average Bonchev–Trinajstić information content (AvgIpc) is 2.04. The normalized spacial score (nSPS) is 11.7. The summed E-state index contributed by atoms with van der Waals surface area (Å²) in [6, 6.07) is 3.91. The Morgan fingerprint density at radius 2 is 2.31 bits per heavy atom. The van der Waals surface area contributed by atoms with E-state index in [-0.39, 0.29) is 5.41 Å². The van der Waals surface area contributed by atoms with Gasteiger partial charge in [0.1, 0.15) is 4.60 Å². The first-order chi connectivity index (χ1) is 6.08. The van der Waals surface area contributed by atoms with E-state index in [1.165, 1.54) is 0 Å². The summed E-state index contributed by atoms with van der Waals surface area (Å²) in [6.45, 7) is 4.58. The van der Waals surface area contributed by atoms with Crippen molar-refractivity contribution in [2.75, 3.05) is 6.61 Å². The fourth-order valence-electron chi connectivity index (χ4n) is 1.18. The molecule has 2 N–H and O–H groups in total. The molecule has 0 aliphatic rings. The van der Waals surface area contributed by atoms with Gasteiger partial charge >= 0.3 is 0 Å². The van der Waals surface area contributed by atoms with E-state index in [9.17, 15) is 0 Å². The van der Waals surface area contributed by atoms with Crippen molar-refractivity contribution >= 4 is 15.9 Å². The lowest BCUT2D eigenvalue weighted by molar-refractivity contribution is 0.0960. The maximum Gasteiger partial charge on any atom is 0.109 e. The van der Waals surface area contributed by atoms with E-state index in [0.717, 1.165) is 10.2 Å². The van der Waals surface area contributed by atoms with Crippen LogP contribution in [0.25, 0.3) is 0 Å². The molecule has 0 spiro atoms.